The van der Waals surface area contributed by atoms with Crippen LogP contribution in [0.15, 0.2) is 36.4 Å². The van der Waals surface area contributed by atoms with Crippen LogP contribution < -0.4 is 16.2 Å². The molecule has 0 amide bonds. The normalized spacial score (nSPS) is 24.0. The Balaban J connectivity index is 1.50. The first-order valence-electron chi connectivity index (χ1n) is 7.60. The third-order valence-electron chi connectivity index (χ3n) is 4.82. The molecule has 1 aromatic heterocycles. The maximum Gasteiger partial charge on any atom is 0.151 e. The molecule has 22 heavy (non-hydrogen) atoms. The van der Waals surface area contributed by atoms with Gasteiger partial charge in [0.2, 0.25) is 0 Å². The van der Waals surface area contributed by atoms with Gasteiger partial charge in [0.1, 0.15) is 0 Å². The smallest absolute Gasteiger partial charge is 0.151 e. The van der Waals surface area contributed by atoms with Crippen molar-refractivity contribution in [3.8, 4) is 11.3 Å². The molecule has 0 saturated carbocycles. The molecule has 4 rings (SSSR count). The molecule has 2 aliphatic rings. The predicted octanol–water partition coefficient (Wildman–Crippen LogP) is 1.18. The molecule has 0 radical (unpaired) electrons. The summed E-state index contributed by atoms with van der Waals surface area (Å²) in [5.74, 6) is 7.15. The summed E-state index contributed by atoms with van der Waals surface area (Å²) in [6.07, 6.45) is 0. The second-order valence-corrected chi connectivity index (χ2v) is 6.17. The Bertz CT molecular complexity index is 653. The number of likely N-dealkylation sites (tertiary alicyclic amines) is 1. The van der Waals surface area contributed by atoms with E-state index >= 15 is 0 Å². The van der Waals surface area contributed by atoms with Crippen LogP contribution in [-0.2, 0) is 0 Å². The Morgan fingerprint density at radius 2 is 1.86 bits per heavy atom. The molecule has 2 atom stereocenters. The molecule has 2 aliphatic heterocycles. The highest BCUT2D eigenvalue weighted by molar-refractivity contribution is 5.63. The maximum atomic E-state index is 5.38. The van der Waals surface area contributed by atoms with E-state index < -0.39 is 0 Å². The Morgan fingerprint density at radius 3 is 2.45 bits per heavy atom. The van der Waals surface area contributed by atoms with Gasteiger partial charge in [-0.2, -0.15) is 0 Å². The lowest BCUT2D eigenvalue weighted by atomic mass is 9.93. The van der Waals surface area contributed by atoms with Gasteiger partial charge in [-0.25, -0.2) is 0 Å². The van der Waals surface area contributed by atoms with E-state index in [1.807, 2.05) is 30.3 Å². The van der Waals surface area contributed by atoms with E-state index in [4.69, 9.17) is 5.84 Å². The summed E-state index contributed by atoms with van der Waals surface area (Å²) in [4.78, 5) is 4.76. The fraction of sp³-hybridized carbons (Fsp3) is 0.375. The standard InChI is InChI=1S/C16H20N6/c1-21-8-12-9-22(10-15(12)21)16-7-6-14(19-20-16)11-2-4-13(18-17)5-3-11/h2-7,12,15,18H,8-10,17H2,1H3. The average Bonchev–Trinajstić information content (AvgIpc) is 2.92. The second-order valence-electron chi connectivity index (χ2n) is 6.17. The summed E-state index contributed by atoms with van der Waals surface area (Å²) in [5.41, 5.74) is 5.42. The van der Waals surface area contributed by atoms with E-state index in [1.165, 1.54) is 6.54 Å². The molecular formula is C16H20N6. The number of likely N-dealkylation sites (N-methyl/N-ethyl adjacent to an activating group) is 1. The van der Waals surface area contributed by atoms with Crippen LogP contribution in [0.25, 0.3) is 11.3 Å². The van der Waals surface area contributed by atoms with Crippen LogP contribution in [0, 0.1) is 5.92 Å². The van der Waals surface area contributed by atoms with Crippen LogP contribution in [0.4, 0.5) is 11.5 Å². The number of benzene rings is 1. The molecule has 2 fully saturated rings. The summed E-state index contributed by atoms with van der Waals surface area (Å²) in [7, 11) is 2.19. The van der Waals surface area contributed by atoms with Crippen LogP contribution >= 0.6 is 0 Å². The van der Waals surface area contributed by atoms with Crippen molar-refractivity contribution in [1.29, 1.82) is 0 Å². The number of hydrogen-bond donors (Lipinski definition) is 2. The van der Waals surface area contributed by atoms with Gasteiger partial charge in [0.25, 0.3) is 0 Å². The quantitative estimate of drug-likeness (QED) is 0.655. The number of nitrogen functional groups attached to an aromatic ring is 1. The molecular weight excluding hydrogens is 276 g/mol. The highest BCUT2D eigenvalue weighted by Gasteiger charge is 2.43. The van der Waals surface area contributed by atoms with Crippen LogP contribution in [0.2, 0.25) is 0 Å². The van der Waals surface area contributed by atoms with Gasteiger partial charge >= 0.3 is 0 Å². The maximum absolute atomic E-state index is 5.38. The van der Waals surface area contributed by atoms with Gasteiger partial charge in [-0.05, 0) is 31.3 Å². The summed E-state index contributed by atoms with van der Waals surface area (Å²) >= 11 is 0. The van der Waals surface area contributed by atoms with Crippen molar-refractivity contribution >= 4 is 11.5 Å². The topological polar surface area (TPSA) is 70.3 Å². The van der Waals surface area contributed by atoms with E-state index in [0.717, 1.165) is 41.8 Å². The molecule has 2 aromatic rings. The first-order valence-corrected chi connectivity index (χ1v) is 7.60. The molecule has 114 valence electrons. The molecule has 3 heterocycles. The molecule has 0 aliphatic carbocycles. The van der Waals surface area contributed by atoms with Crippen molar-refractivity contribution in [1.82, 2.24) is 15.1 Å². The van der Waals surface area contributed by atoms with Crippen molar-refractivity contribution in [2.24, 2.45) is 11.8 Å². The van der Waals surface area contributed by atoms with Crippen molar-refractivity contribution in [2.75, 3.05) is 37.0 Å². The van der Waals surface area contributed by atoms with Crippen molar-refractivity contribution in [3.63, 3.8) is 0 Å². The fourth-order valence-electron chi connectivity index (χ4n) is 3.47. The number of aromatic nitrogens is 2. The van der Waals surface area contributed by atoms with E-state index in [2.05, 4.69) is 38.5 Å². The molecule has 2 unspecified atom stereocenters. The van der Waals surface area contributed by atoms with Crippen LogP contribution in [0.1, 0.15) is 0 Å². The summed E-state index contributed by atoms with van der Waals surface area (Å²) in [6, 6.07) is 12.6. The zero-order valence-corrected chi connectivity index (χ0v) is 12.6. The first-order chi connectivity index (χ1) is 10.7. The molecule has 3 N–H and O–H groups in total. The van der Waals surface area contributed by atoms with E-state index in [1.54, 1.807) is 0 Å². The second kappa shape index (κ2) is 5.23. The van der Waals surface area contributed by atoms with Crippen LogP contribution in [-0.4, -0.2) is 47.8 Å². The van der Waals surface area contributed by atoms with Crippen LogP contribution in [0.3, 0.4) is 0 Å². The molecule has 6 heteroatoms. The average molecular weight is 296 g/mol. The molecule has 0 spiro atoms. The van der Waals surface area contributed by atoms with Gasteiger partial charge in [-0.15, -0.1) is 10.2 Å². The van der Waals surface area contributed by atoms with Gasteiger partial charge in [0, 0.05) is 42.8 Å². The Kier molecular flexibility index (Phi) is 3.20. The van der Waals surface area contributed by atoms with E-state index in [-0.39, 0.29) is 0 Å². The third-order valence-corrected chi connectivity index (χ3v) is 4.82. The number of nitrogens with two attached hydrogens (primary N) is 1. The number of hydrazine groups is 1. The summed E-state index contributed by atoms with van der Waals surface area (Å²) < 4.78 is 0. The lowest BCUT2D eigenvalue weighted by Gasteiger charge is -2.40. The Morgan fingerprint density at radius 1 is 1.05 bits per heavy atom. The molecule has 6 nitrogen and oxygen atoms in total. The highest BCUT2D eigenvalue weighted by Crippen LogP contribution is 2.33. The summed E-state index contributed by atoms with van der Waals surface area (Å²) in [6.45, 7) is 3.36. The van der Waals surface area contributed by atoms with E-state index in [0.29, 0.717) is 6.04 Å². The number of nitrogens with one attached hydrogen (secondary N) is 1. The largest absolute Gasteiger partial charge is 0.353 e. The zero-order valence-electron chi connectivity index (χ0n) is 12.6. The highest BCUT2D eigenvalue weighted by atomic mass is 15.3. The van der Waals surface area contributed by atoms with Gasteiger partial charge in [0.15, 0.2) is 5.82 Å². The van der Waals surface area contributed by atoms with Gasteiger partial charge < -0.3 is 15.2 Å². The number of fused-ring (bicyclic) bond motifs is 1. The fourth-order valence-corrected chi connectivity index (χ4v) is 3.47. The lowest BCUT2D eigenvalue weighted by Crippen LogP contribution is -2.52. The van der Waals surface area contributed by atoms with Crippen molar-refractivity contribution in [3.05, 3.63) is 36.4 Å². The monoisotopic (exact) mass is 296 g/mol. The Labute approximate surface area is 129 Å². The zero-order chi connectivity index (χ0) is 15.1. The number of anilines is 2. The predicted molar refractivity (Wildman–Crippen MR) is 87.4 cm³/mol. The number of rotatable bonds is 3. The van der Waals surface area contributed by atoms with Crippen LogP contribution in [0.5, 0.6) is 0 Å². The molecule has 2 saturated heterocycles. The first kappa shape index (κ1) is 13.5. The minimum absolute atomic E-state index is 0.692. The molecule has 1 aromatic carbocycles. The SMILES string of the molecule is CN1CC2CN(c3ccc(-c4ccc(NN)cc4)nn3)CC21. The number of nitrogens with zero attached hydrogens (tertiary/aromatic N) is 4. The third kappa shape index (κ3) is 2.20. The van der Waals surface area contributed by atoms with Crippen molar-refractivity contribution in [2.45, 2.75) is 6.04 Å². The van der Waals surface area contributed by atoms with Gasteiger partial charge in [-0.3, -0.25) is 5.84 Å². The summed E-state index contributed by atoms with van der Waals surface area (Å²) in [5, 5.41) is 8.80. The molecule has 0 bridgehead atoms. The lowest BCUT2D eigenvalue weighted by molar-refractivity contribution is 0.0827. The minimum Gasteiger partial charge on any atom is -0.353 e. The van der Waals surface area contributed by atoms with Gasteiger partial charge in [0.05, 0.1) is 5.69 Å². The number of hydrogen-bond acceptors (Lipinski definition) is 6. The van der Waals surface area contributed by atoms with E-state index in [9.17, 15) is 0 Å². The van der Waals surface area contributed by atoms with Crippen molar-refractivity contribution < 1.29 is 0 Å². The Hall–Kier alpha value is -2.18. The van der Waals surface area contributed by atoms with Gasteiger partial charge in [-0.1, -0.05) is 12.1 Å². The minimum atomic E-state index is 0.692.